The van der Waals surface area contributed by atoms with E-state index in [0.29, 0.717) is 11.8 Å². The molecule has 1 aromatic heterocycles. The lowest BCUT2D eigenvalue weighted by Gasteiger charge is -2.36. The fraction of sp³-hybridized carbons (Fsp3) is 0.625. The first kappa shape index (κ1) is 12.9. The summed E-state index contributed by atoms with van der Waals surface area (Å²) >= 11 is 0. The highest BCUT2D eigenvalue weighted by molar-refractivity contribution is 5.66. The predicted octanol–water partition coefficient (Wildman–Crippen LogP) is 3.01. The van der Waals surface area contributed by atoms with Gasteiger partial charge in [0.25, 0.3) is 0 Å². The lowest BCUT2D eigenvalue weighted by Crippen LogP contribution is -2.48. The normalized spacial score (nSPS) is 31.2. The molecule has 0 spiro atoms. The van der Waals surface area contributed by atoms with Crippen molar-refractivity contribution in [2.24, 2.45) is 0 Å². The average molecular weight is 288 g/mol. The first-order valence-corrected chi connectivity index (χ1v) is 7.84. The third-order valence-electron chi connectivity index (χ3n) is 5.01. The molecule has 1 N–H and O–H groups in total. The smallest absolute Gasteiger partial charge is 0.407 e. The van der Waals surface area contributed by atoms with Gasteiger partial charge >= 0.3 is 6.09 Å². The molecule has 1 saturated carbocycles. The zero-order valence-electron chi connectivity index (χ0n) is 11.9. The van der Waals surface area contributed by atoms with Crippen LogP contribution >= 0.6 is 0 Å². The SMILES string of the molecule is O=C(O)N1C2CCC1CC(Oc1cc(C3CC3)ccn1)C2. The summed E-state index contributed by atoms with van der Waals surface area (Å²) in [6.07, 6.45) is 7.18. The van der Waals surface area contributed by atoms with E-state index in [1.165, 1.54) is 18.4 Å². The number of ether oxygens (including phenoxy) is 1. The maximum absolute atomic E-state index is 11.3. The van der Waals surface area contributed by atoms with Gasteiger partial charge in [0, 0.05) is 37.2 Å². The largest absolute Gasteiger partial charge is 0.474 e. The Hall–Kier alpha value is -1.78. The second-order valence-electron chi connectivity index (χ2n) is 6.49. The third-order valence-corrected chi connectivity index (χ3v) is 5.01. The number of amides is 1. The number of nitrogens with zero attached hydrogens (tertiary/aromatic N) is 2. The molecule has 1 amide bonds. The summed E-state index contributed by atoms with van der Waals surface area (Å²) in [5.41, 5.74) is 1.32. The topological polar surface area (TPSA) is 62.7 Å². The van der Waals surface area contributed by atoms with E-state index in [1.807, 2.05) is 6.20 Å². The van der Waals surface area contributed by atoms with Gasteiger partial charge in [0.15, 0.2) is 0 Å². The van der Waals surface area contributed by atoms with Gasteiger partial charge in [-0.15, -0.1) is 0 Å². The van der Waals surface area contributed by atoms with Crippen molar-refractivity contribution < 1.29 is 14.6 Å². The monoisotopic (exact) mass is 288 g/mol. The molecule has 2 saturated heterocycles. The molecule has 2 bridgehead atoms. The highest BCUT2D eigenvalue weighted by Gasteiger charge is 2.44. The predicted molar refractivity (Wildman–Crippen MR) is 76.5 cm³/mol. The Bertz CT molecular complexity index is 544. The van der Waals surface area contributed by atoms with Crippen LogP contribution in [0.15, 0.2) is 18.3 Å². The van der Waals surface area contributed by atoms with Gasteiger partial charge in [0.05, 0.1) is 0 Å². The summed E-state index contributed by atoms with van der Waals surface area (Å²) < 4.78 is 6.05. The lowest BCUT2D eigenvalue weighted by molar-refractivity contribution is 0.0476. The minimum Gasteiger partial charge on any atom is -0.474 e. The minimum atomic E-state index is -0.783. The molecule has 3 fully saturated rings. The number of hydrogen-bond acceptors (Lipinski definition) is 3. The van der Waals surface area contributed by atoms with Crippen molar-refractivity contribution >= 4 is 6.09 Å². The molecule has 3 aliphatic rings. The molecule has 1 aliphatic carbocycles. The number of hydrogen-bond donors (Lipinski definition) is 1. The van der Waals surface area contributed by atoms with E-state index in [0.717, 1.165) is 25.7 Å². The fourth-order valence-electron chi connectivity index (χ4n) is 3.87. The van der Waals surface area contributed by atoms with Crippen LogP contribution in [0.5, 0.6) is 5.88 Å². The van der Waals surface area contributed by atoms with Crippen molar-refractivity contribution in [2.45, 2.75) is 62.6 Å². The average Bonchev–Trinajstić information content (AvgIpc) is 3.25. The van der Waals surface area contributed by atoms with Crippen LogP contribution in [-0.4, -0.2) is 39.3 Å². The molecule has 5 nitrogen and oxygen atoms in total. The molecule has 2 unspecified atom stereocenters. The minimum absolute atomic E-state index is 0.0973. The van der Waals surface area contributed by atoms with Gasteiger partial charge in [-0.3, -0.25) is 0 Å². The Labute approximate surface area is 123 Å². The van der Waals surface area contributed by atoms with Crippen molar-refractivity contribution in [3.63, 3.8) is 0 Å². The molecule has 1 aromatic rings. The summed E-state index contributed by atoms with van der Waals surface area (Å²) in [7, 11) is 0. The van der Waals surface area contributed by atoms with Crippen molar-refractivity contribution in [3.8, 4) is 5.88 Å². The van der Waals surface area contributed by atoms with Crippen molar-refractivity contribution in [3.05, 3.63) is 23.9 Å². The summed E-state index contributed by atoms with van der Waals surface area (Å²) in [5, 5.41) is 9.27. The zero-order valence-corrected chi connectivity index (χ0v) is 11.9. The molecule has 2 aliphatic heterocycles. The molecule has 3 heterocycles. The van der Waals surface area contributed by atoms with Gasteiger partial charge in [0.1, 0.15) is 6.10 Å². The first-order chi connectivity index (χ1) is 10.2. The van der Waals surface area contributed by atoms with Gasteiger partial charge in [-0.25, -0.2) is 9.78 Å². The molecular formula is C16H20N2O3. The third kappa shape index (κ3) is 2.45. The summed E-state index contributed by atoms with van der Waals surface area (Å²) in [5.74, 6) is 1.40. The van der Waals surface area contributed by atoms with Crippen LogP contribution in [0.25, 0.3) is 0 Å². The second-order valence-corrected chi connectivity index (χ2v) is 6.49. The Balaban J connectivity index is 1.44. The second kappa shape index (κ2) is 4.90. The van der Waals surface area contributed by atoms with E-state index >= 15 is 0 Å². The highest BCUT2D eigenvalue weighted by atomic mass is 16.5. The van der Waals surface area contributed by atoms with Crippen molar-refractivity contribution in [1.82, 2.24) is 9.88 Å². The maximum Gasteiger partial charge on any atom is 0.407 e. The molecule has 21 heavy (non-hydrogen) atoms. The fourth-order valence-corrected chi connectivity index (χ4v) is 3.87. The summed E-state index contributed by atoms with van der Waals surface area (Å²) in [6, 6.07) is 4.38. The lowest BCUT2D eigenvalue weighted by atomic mass is 10.0. The van der Waals surface area contributed by atoms with E-state index in [4.69, 9.17) is 4.74 Å². The van der Waals surface area contributed by atoms with E-state index < -0.39 is 6.09 Å². The van der Waals surface area contributed by atoms with Gasteiger partial charge in [-0.2, -0.15) is 0 Å². The summed E-state index contributed by atoms with van der Waals surface area (Å²) in [6.45, 7) is 0. The van der Waals surface area contributed by atoms with E-state index in [2.05, 4.69) is 17.1 Å². The Morgan fingerprint density at radius 2 is 1.95 bits per heavy atom. The van der Waals surface area contributed by atoms with Crippen molar-refractivity contribution in [2.75, 3.05) is 0 Å². The number of fused-ring (bicyclic) bond motifs is 2. The van der Waals surface area contributed by atoms with Gasteiger partial charge in [0.2, 0.25) is 5.88 Å². The first-order valence-electron chi connectivity index (χ1n) is 7.84. The number of carboxylic acid groups (broad SMARTS) is 1. The van der Waals surface area contributed by atoms with Crippen LogP contribution in [0.4, 0.5) is 4.79 Å². The quantitative estimate of drug-likeness (QED) is 0.928. The van der Waals surface area contributed by atoms with Gasteiger partial charge in [-0.05, 0) is 43.2 Å². The number of pyridine rings is 1. The van der Waals surface area contributed by atoms with Gasteiger partial charge in [-0.1, -0.05) is 0 Å². The number of piperidine rings is 1. The number of aromatic nitrogens is 1. The molecule has 112 valence electrons. The van der Waals surface area contributed by atoms with E-state index in [1.54, 1.807) is 4.90 Å². The van der Waals surface area contributed by atoms with Crippen LogP contribution in [0.2, 0.25) is 0 Å². The zero-order chi connectivity index (χ0) is 14.4. The Morgan fingerprint density at radius 3 is 2.57 bits per heavy atom. The van der Waals surface area contributed by atoms with Crippen LogP contribution in [0.3, 0.4) is 0 Å². The van der Waals surface area contributed by atoms with E-state index in [-0.39, 0.29) is 18.2 Å². The van der Waals surface area contributed by atoms with Crippen LogP contribution < -0.4 is 4.74 Å². The molecular weight excluding hydrogens is 268 g/mol. The number of rotatable bonds is 3. The van der Waals surface area contributed by atoms with E-state index in [9.17, 15) is 9.90 Å². The van der Waals surface area contributed by atoms with Gasteiger partial charge < -0.3 is 14.7 Å². The molecule has 5 heteroatoms. The summed E-state index contributed by atoms with van der Waals surface area (Å²) in [4.78, 5) is 17.2. The number of carbonyl (C=O) groups is 1. The molecule has 4 rings (SSSR count). The van der Waals surface area contributed by atoms with Crippen LogP contribution in [0, 0.1) is 0 Å². The molecule has 0 radical (unpaired) electrons. The molecule has 0 aromatic carbocycles. The van der Waals surface area contributed by atoms with Crippen LogP contribution in [-0.2, 0) is 0 Å². The van der Waals surface area contributed by atoms with Crippen LogP contribution in [0.1, 0.15) is 50.0 Å². The Morgan fingerprint density at radius 1 is 1.24 bits per heavy atom. The standard InChI is InChI=1S/C16H20N2O3/c19-16(20)18-12-3-4-13(18)9-14(8-12)21-15-7-11(5-6-17-15)10-1-2-10/h5-7,10,12-14H,1-4,8-9H2,(H,19,20). The maximum atomic E-state index is 11.3. The van der Waals surface area contributed by atoms with Crippen molar-refractivity contribution in [1.29, 1.82) is 0 Å². The molecule has 2 atom stereocenters. The Kier molecular flexibility index (Phi) is 3.01. The highest BCUT2D eigenvalue weighted by Crippen LogP contribution is 2.41.